The van der Waals surface area contributed by atoms with E-state index < -0.39 is 0 Å². The van der Waals surface area contributed by atoms with Gasteiger partial charge in [-0.1, -0.05) is 6.92 Å². The van der Waals surface area contributed by atoms with Crippen molar-refractivity contribution in [3.63, 3.8) is 0 Å². The summed E-state index contributed by atoms with van der Waals surface area (Å²) in [5.74, 6) is 0.272. The fourth-order valence-corrected chi connectivity index (χ4v) is 2.53. The highest BCUT2D eigenvalue weighted by atomic mass is 16.5. The molecule has 102 valence electrons. The van der Waals surface area contributed by atoms with Gasteiger partial charge in [0.05, 0.1) is 12.7 Å². The third-order valence-electron chi connectivity index (χ3n) is 3.56. The Balaban J connectivity index is 2.44. The van der Waals surface area contributed by atoms with Crippen molar-refractivity contribution in [2.75, 3.05) is 46.9 Å². The van der Waals surface area contributed by atoms with Gasteiger partial charge >= 0.3 is 0 Å². The van der Waals surface area contributed by atoms with Crippen LogP contribution in [0.1, 0.15) is 20.3 Å². The molecule has 1 N–H and O–H groups in total. The van der Waals surface area contributed by atoms with E-state index in [9.17, 15) is 5.11 Å². The maximum Gasteiger partial charge on any atom is 0.0624 e. The second-order valence-electron chi connectivity index (χ2n) is 5.39. The highest BCUT2D eigenvalue weighted by molar-refractivity contribution is 4.78. The summed E-state index contributed by atoms with van der Waals surface area (Å²) in [5, 5.41) is 9.96. The van der Waals surface area contributed by atoms with Crippen molar-refractivity contribution in [1.82, 2.24) is 9.80 Å². The first-order chi connectivity index (χ1) is 8.04. The van der Waals surface area contributed by atoms with Crippen molar-refractivity contribution in [3.05, 3.63) is 0 Å². The monoisotopic (exact) mass is 244 g/mol. The number of hydrogen-bond acceptors (Lipinski definition) is 4. The summed E-state index contributed by atoms with van der Waals surface area (Å²) < 4.78 is 5.46. The topological polar surface area (TPSA) is 35.9 Å². The van der Waals surface area contributed by atoms with Crippen molar-refractivity contribution in [1.29, 1.82) is 0 Å². The lowest BCUT2D eigenvalue weighted by Crippen LogP contribution is -2.46. The first-order valence-electron chi connectivity index (χ1n) is 6.69. The molecule has 3 atom stereocenters. The smallest absolute Gasteiger partial charge is 0.0624 e. The summed E-state index contributed by atoms with van der Waals surface area (Å²) in [5.41, 5.74) is 0. The summed E-state index contributed by atoms with van der Waals surface area (Å²) in [6.45, 7) is 8.85. The van der Waals surface area contributed by atoms with Crippen LogP contribution in [0.4, 0.5) is 0 Å². The van der Waals surface area contributed by atoms with Crippen LogP contribution in [0, 0.1) is 5.92 Å². The molecule has 0 aromatic heterocycles. The lowest BCUT2D eigenvalue weighted by Gasteiger charge is -2.36. The minimum Gasteiger partial charge on any atom is -0.393 e. The van der Waals surface area contributed by atoms with Crippen molar-refractivity contribution < 1.29 is 9.84 Å². The van der Waals surface area contributed by atoms with E-state index in [1.807, 2.05) is 0 Å². The Hall–Kier alpha value is -0.160. The molecule has 1 rings (SSSR count). The number of likely N-dealkylation sites (N-methyl/N-ethyl adjacent to an activating group) is 2. The molecule has 17 heavy (non-hydrogen) atoms. The molecule has 0 radical (unpaired) electrons. The van der Waals surface area contributed by atoms with Gasteiger partial charge in [0.15, 0.2) is 0 Å². The summed E-state index contributed by atoms with van der Waals surface area (Å²) in [7, 11) is 4.20. The van der Waals surface area contributed by atoms with Gasteiger partial charge in [-0.05, 0) is 34.0 Å². The number of hydrogen-bond donors (Lipinski definition) is 1. The molecule has 4 heteroatoms. The maximum atomic E-state index is 9.96. The van der Waals surface area contributed by atoms with Gasteiger partial charge in [0, 0.05) is 31.7 Å². The zero-order valence-corrected chi connectivity index (χ0v) is 11.7. The summed E-state index contributed by atoms with van der Waals surface area (Å²) in [4.78, 5) is 4.64. The molecule has 1 saturated heterocycles. The molecule has 0 saturated carbocycles. The highest BCUT2D eigenvalue weighted by Gasteiger charge is 2.27. The van der Waals surface area contributed by atoms with E-state index in [-0.39, 0.29) is 12.0 Å². The molecule has 0 spiro atoms. The van der Waals surface area contributed by atoms with Gasteiger partial charge in [0.1, 0.15) is 0 Å². The summed E-state index contributed by atoms with van der Waals surface area (Å²) in [6, 6.07) is 0.518. The van der Waals surface area contributed by atoms with Crippen molar-refractivity contribution in [2.45, 2.75) is 32.4 Å². The molecule has 1 aliphatic rings. The number of aliphatic hydroxyl groups is 1. The van der Waals surface area contributed by atoms with E-state index in [0.717, 1.165) is 26.1 Å². The van der Waals surface area contributed by atoms with E-state index in [4.69, 9.17) is 4.74 Å². The SMILES string of the molecule is CCN(CC1COCCC1O)C(C)CN(C)C. The predicted molar refractivity (Wildman–Crippen MR) is 70.2 cm³/mol. The minimum absolute atomic E-state index is 0.190. The standard InChI is InChI=1S/C13H28N2O2/c1-5-15(11(2)8-14(3)4)9-12-10-17-7-6-13(12)16/h11-13,16H,5-10H2,1-4H3. The van der Waals surface area contributed by atoms with Crippen LogP contribution in [0.25, 0.3) is 0 Å². The molecule has 1 fully saturated rings. The molecular weight excluding hydrogens is 216 g/mol. The van der Waals surface area contributed by atoms with Gasteiger partial charge in [0.25, 0.3) is 0 Å². The van der Waals surface area contributed by atoms with Crippen LogP contribution in [0.5, 0.6) is 0 Å². The number of ether oxygens (including phenoxy) is 1. The molecule has 1 aliphatic heterocycles. The van der Waals surface area contributed by atoms with Crippen LogP contribution in [0.3, 0.4) is 0 Å². The largest absolute Gasteiger partial charge is 0.393 e. The zero-order valence-electron chi connectivity index (χ0n) is 11.7. The molecule has 0 aromatic carbocycles. The first kappa shape index (κ1) is 14.9. The Morgan fingerprint density at radius 1 is 1.41 bits per heavy atom. The van der Waals surface area contributed by atoms with Crippen LogP contribution < -0.4 is 0 Å². The van der Waals surface area contributed by atoms with Gasteiger partial charge in [-0.15, -0.1) is 0 Å². The van der Waals surface area contributed by atoms with E-state index in [1.54, 1.807) is 0 Å². The van der Waals surface area contributed by atoms with Crippen LogP contribution in [0.15, 0.2) is 0 Å². The van der Waals surface area contributed by atoms with Gasteiger partial charge in [-0.25, -0.2) is 0 Å². The van der Waals surface area contributed by atoms with E-state index >= 15 is 0 Å². The summed E-state index contributed by atoms with van der Waals surface area (Å²) in [6.07, 6.45) is 0.592. The number of aliphatic hydroxyl groups excluding tert-OH is 1. The predicted octanol–water partition coefficient (Wildman–Crippen LogP) is 0.656. The van der Waals surface area contributed by atoms with Crippen LogP contribution >= 0.6 is 0 Å². The fourth-order valence-electron chi connectivity index (χ4n) is 2.53. The van der Waals surface area contributed by atoms with Crippen molar-refractivity contribution in [3.8, 4) is 0 Å². The molecule has 0 bridgehead atoms. The maximum absolute atomic E-state index is 9.96. The Morgan fingerprint density at radius 2 is 2.12 bits per heavy atom. The van der Waals surface area contributed by atoms with Crippen LogP contribution in [-0.2, 0) is 4.74 Å². The van der Waals surface area contributed by atoms with Crippen molar-refractivity contribution in [2.24, 2.45) is 5.92 Å². The molecule has 0 amide bonds. The average molecular weight is 244 g/mol. The quantitative estimate of drug-likeness (QED) is 0.744. The van der Waals surface area contributed by atoms with Gasteiger partial charge in [-0.2, -0.15) is 0 Å². The Kier molecular flexibility index (Phi) is 6.41. The average Bonchev–Trinajstić information content (AvgIpc) is 2.27. The molecule has 0 aromatic rings. The second-order valence-corrected chi connectivity index (χ2v) is 5.39. The lowest BCUT2D eigenvalue weighted by atomic mass is 9.97. The number of nitrogens with zero attached hydrogens (tertiary/aromatic N) is 2. The third kappa shape index (κ3) is 4.92. The number of rotatable bonds is 6. The normalized spacial score (nSPS) is 27.7. The zero-order chi connectivity index (χ0) is 12.8. The van der Waals surface area contributed by atoms with E-state index in [1.165, 1.54) is 0 Å². The summed E-state index contributed by atoms with van der Waals surface area (Å²) >= 11 is 0. The molecule has 0 aliphatic carbocycles. The van der Waals surface area contributed by atoms with Gasteiger partial charge < -0.3 is 14.7 Å². The van der Waals surface area contributed by atoms with Crippen molar-refractivity contribution >= 4 is 0 Å². The Morgan fingerprint density at radius 3 is 2.65 bits per heavy atom. The van der Waals surface area contributed by atoms with E-state index in [0.29, 0.717) is 19.3 Å². The third-order valence-corrected chi connectivity index (χ3v) is 3.56. The fraction of sp³-hybridized carbons (Fsp3) is 1.00. The minimum atomic E-state index is -0.190. The molecule has 4 nitrogen and oxygen atoms in total. The molecule has 3 unspecified atom stereocenters. The van der Waals surface area contributed by atoms with Crippen LogP contribution in [-0.4, -0.2) is 74.0 Å². The highest BCUT2D eigenvalue weighted by Crippen LogP contribution is 2.17. The molecular formula is C13H28N2O2. The van der Waals surface area contributed by atoms with Gasteiger partial charge in [0.2, 0.25) is 0 Å². The van der Waals surface area contributed by atoms with Crippen LogP contribution in [0.2, 0.25) is 0 Å². The lowest BCUT2D eigenvalue weighted by molar-refractivity contribution is -0.0501. The second kappa shape index (κ2) is 7.31. The van der Waals surface area contributed by atoms with Gasteiger partial charge in [-0.3, -0.25) is 4.90 Å². The Bertz CT molecular complexity index is 212. The first-order valence-corrected chi connectivity index (χ1v) is 6.69. The van der Waals surface area contributed by atoms with E-state index in [2.05, 4.69) is 37.7 Å². The molecule has 1 heterocycles. The Labute approximate surface area is 106 Å².